The van der Waals surface area contributed by atoms with Gasteiger partial charge in [0.1, 0.15) is 11.9 Å². The van der Waals surface area contributed by atoms with E-state index in [-0.39, 0.29) is 24.5 Å². The van der Waals surface area contributed by atoms with Crippen molar-refractivity contribution < 1.29 is 14.3 Å². The lowest BCUT2D eigenvalue weighted by Crippen LogP contribution is -2.34. The smallest absolute Gasteiger partial charge is 0.338 e. The summed E-state index contributed by atoms with van der Waals surface area (Å²) >= 11 is 0. The standard InChI is InChI=1S/C20H33NO3.ClH/c1-7-21(8-2)13-16(5)17(6)24-20(22)18-9-11-19(12-10-18)23-14-15(3)4;/h9-12,15-17H,7-8,13-14H2,1-6H3;1H. The van der Waals surface area contributed by atoms with Crippen LogP contribution < -0.4 is 4.74 Å². The largest absolute Gasteiger partial charge is 0.493 e. The Labute approximate surface area is 159 Å². The molecule has 0 spiro atoms. The predicted molar refractivity (Wildman–Crippen MR) is 106 cm³/mol. The van der Waals surface area contributed by atoms with E-state index in [1.54, 1.807) is 12.1 Å². The zero-order chi connectivity index (χ0) is 18.1. The van der Waals surface area contributed by atoms with Crippen molar-refractivity contribution in [3.8, 4) is 5.75 Å². The van der Waals surface area contributed by atoms with Crippen molar-refractivity contribution in [3.05, 3.63) is 29.8 Å². The average molecular weight is 372 g/mol. The Bertz CT molecular complexity index is 486. The van der Waals surface area contributed by atoms with E-state index in [9.17, 15) is 4.79 Å². The molecule has 1 aromatic rings. The molecule has 1 rings (SSSR count). The highest BCUT2D eigenvalue weighted by molar-refractivity contribution is 5.89. The number of halogens is 1. The lowest BCUT2D eigenvalue weighted by Gasteiger charge is -2.26. The molecule has 0 aliphatic rings. The minimum Gasteiger partial charge on any atom is -0.493 e. The third-order valence-corrected chi connectivity index (χ3v) is 4.21. The Morgan fingerprint density at radius 1 is 1.04 bits per heavy atom. The SMILES string of the molecule is CCN(CC)CC(C)C(C)OC(=O)c1ccc(OCC(C)C)cc1.Cl. The number of nitrogens with zero attached hydrogens (tertiary/aromatic N) is 1. The van der Waals surface area contributed by atoms with Crippen LogP contribution in [-0.2, 0) is 4.74 Å². The van der Waals surface area contributed by atoms with Gasteiger partial charge in [-0.1, -0.05) is 34.6 Å². The first-order chi connectivity index (χ1) is 11.4. The van der Waals surface area contributed by atoms with Crippen LogP contribution in [0.2, 0.25) is 0 Å². The van der Waals surface area contributed by atoms with Crippen LogP contribution in [0, 0.1) is 11.8 Å². The first-order valence-corrected chi connectivity index (χ1v) is 9.03. The van der Waals surface area contributed by atoms with Gasteiger partial charge in [-0.2, -0.15) is 0 Å². The minimum atomic E-state index is -0.274. The Hall–Kier alpha value is -1.26. The van der Waals surface area contributed by atoms with Crippen LogP contribution >= 0.6 is 12.4 Å². The summed E-state index contributed by atoms with van der Waals surface area (Å²) in [7, 11) is 0. The number of hydrogen-bond acceptors (Lipinski definition) is 4. The topological polar surface area (TPSA) is 38.8 Å². The summed E-state index contributed by atoms with van der Waals surface area (Å²) in [5.74, 6) is 1.28. The lowest BCUT2D eigenvalue weighted by atomic mass is 10.1. The van der Waals surface area contributed by atoms with Crippen molar-refractivity contribution in [2.24, 2.45) is 11.8 Å². The van der Waals surface area contributed by atoms with Gasteiger partial charge in [-0.3, -0.25) is 0 Å². The maximum Gasteiger partial charge on any atom is 0.338 e. The molecule has 0 heterocycles. The van der Waals surface area contributed by atoms with Crippen molar-refractivity contribution in [2.45, 2.75) is 47.6 Å². The number of benzene rings is 1. The summed E-state index contributed by atoms with van der Waals surface area (Å²) in [4.78, 5) is 14.6. The van der Waals surface area contributed by atoms with Crippen molar-refractivity contribution in [1.82, 2.24) is 4.90 Å². The molecule has 2 unspecified atom stereocenters. The molecule has 0 radical (unpaired) electrons. The van der Waals surface area contributed by atoms with Gasteiger partial charge in [0.15, 0.2) is 0 Å². The van der Waals surface area contributed by atoms with E-state index >= 15 is 0 Å². The monoisotopic (exact) mass is 371 g/mol. The van der Waals surface area contributed by atoms with Gasteiger partial charge in [0.25, 0.3) is 0 Å². The van der Waals surface area contributed by atoms with E-state index in [2.05, 4.69) is 39.5 Å². The normalized spacial score (nSPS) is 13.3. The number of rotatable bonds is 10. The van der Waals surface area contributed by atoms with Crippen LogP contribution in [0.15, 0.2) is 24.3 Å². The molecule has 0 aliphatic heterocycles. The van der Waals surface area contributed by atoms with Crippen molar-refractivity contribution in [3.63, 3.8) is 0 Å². The Morgan fingerprint density at radius 2 is 1.60 bits per heavy atom. The van der Waals surface area contributed by atoms with Gasteiger partial charge < -0.3 is 14.4 Å². The molecule has 2 atom stereocenters. The number of esters is 1. The molecule has 0 amide bonds. The molecule has 0 aliphatic carbocycles. The fraction of sp³-hybridized carbons (Fsp3) is 0.650. The fourth-order valence-corrected chi connectivity index (χ4v) is 2.34. The molecule has 0 bridgehead atoms. The maximum absolute atomic E-state index is 12.3. The van der Waals surface area contributed by atoms with Crippen LogP contribution in [0.1, 0.15) is 51.9 Å². The number of carbonyl (C=O) groups is 1. The van der Waals surface area contributed by atoms with Gasteiger partial charge in [0.05, 0.1) is 12.2 Å². The van der Waals surface area contributed by atoms with E-state index in [0.29, 0.717) is 24.0 Å². The van der Waals surface area contributed by atoms with Gasteiger partial charge in [-0.15, -0.1) is 12.4 Å². The molecule has 144 valence electrons. The quantitative estimate of drug-likeness (QED) is 0.560. The minimum absolute atomic E-state index is 0. The van der Waals surface area contributed by atoms with E-state index in [0.717, 1.165) is 25.4 Å². The fourth-order valence-electron chi connectivity index (χ4n) is 2.34. The number of ether oxygens (including phenoxy) is 2. The summed E-state index contributed by atoms with van der Waals surface area (Å²) in [5, 5.41) is 0. The Balaban J connectivity index is 0.00000576. The molecule has 0 saturated heterocycles. The molecule has 0 N–H and O–H groups in total. The summed E-state index contributed by atoms with van der Waals surface area (Å²) in [6.45, 7) is 16.2. The van der Waals surface area contributed by atoms with Gasteiger partial charge in [0.2, 0.25) is 0 Å². The average Bonchev–Trinajstić information content (AvgIpc) is 2.57. The van der Waals surface area contributed by atoms with Crippen LogP contribution in [0.5, 0.6) is 5.75 Å². The van der Waals surface area contributed by atoms with Crippen LogP contribution in [-0.4, -0.2) is 43.2 Å². The molecular weight excluding hydrogens is 338 g/mol. The van der Waals surface area contributed by atoms with Gasteiger partial charge in [-0.25, -0.2) is 4.79 Å². The molecule has 0 fully saturated rings. The zero-order valence-electron chi connectivity index (χ0n) is 16.5. The lowest BCUT2D eigenvalue weighted by molar-refractivity contribution is 0.0172. The van der Waals surface area contributed by atoms with E-state index < -0.39 is 0 Å². The zero-order valence-corrected chi connectivity index (χ0v) is 17.3. The van der Waals surface area contributed by atoms with Crippen molar-refractivity contribution in [2.75, 3.05) is 26.2 Å². The predicted octanol–water partition coefficient (Wildman–Crippen LogP) is 4.67. The third kappa shape index (κ3) is 8.59. The first kappa shape index (κ1) is 23.7. The summed E-state index contributed by atoms with van der Waals surface area (Å²) < 4.78 is 11.3. The first-order valence-electron chi connectivity index (χ1n) is 9.03. The van der Waals surface area contributed by atoms with Gasteiger partial charge in [-0.05, 0) is 50.2 Å². The van der Waals surface area contributed by atoms with Crippen molar-refractivity contribution >= 4 is 18.4 Å². The highest BCUT2D eigenvalue weighted by Crippen LogP contribution is 2.16. The molecule has 0 aromatic heterocycles. The van der Waals surface area contributed by atoms with Crippen molar-refractivity contribution in [1.29, 1.82) is 0 Å². The molecular formula is C20H34ClNO3. The molecule has 1 aromatic carbocycles. The Morgan fingerprint density at radius 3 is 2.08 bits per heavy atom. The van der Waals surface area contributed by atoms with E-state index in [4.69, 9.17) is 9.47 Å². The maximum atomic E-state index is 12.3. The van der Waals surface area contributed by atoms with E-state index in [1.807, 2.05) is 19.1 Å². The Kier molecular flexibility index (Phi) is 11.5. The summed E-state index contributed by atoms with van der Waals surface area (Å²) in [6, 6.07) is 7.17. The number of carbonyl (C=O) groups excluding carboxylic acids is 1. The van der Waals surface area contributed by atoms with Crippen LogP contribution in [0.3, 0.4) is 0 Å². The summed E-state index contributed by atoms with van der Waals surface area (Å²) in [5.41, 5.74) is 0.564. The summed E-state index contributed by atoms with van der Waals surface area (Å²) in [6.07, 6.45) is -0.116. The molecule has 0 saturated carbocycles. The van der Waals surface area contributed by atoms with Crippen LogP contribution in [0.4, 0.5) is 0 Å². The van der Waals surface area contributed by atoms with Crippen LogP contribution in [0.25, 0.3) is 0 Å². The second-order valence-electron chi connectivity index (χ2n) is 6.80. The molecule has 5 heteroatoms. The van der Waals surface area contributed by atoms with Gasteiger partial charge in [0, 0.05) is 12.5 Å². The second-order valence-corrected chi connectivity index (χ2v) is 6.80. The molecule has 25 heavy (non-hydrogen) atoms. The van der Waals surface area contributed by atoms with Gasteiger partial charge >= 0.3 is 5.97 Å². The molecule has 4 nitrogen and oxygen atoms in total. The third-order valence-electron chi connectivity index (χ3n) is 4.21. The van der Waals surface area contributed by atoms with E-state index in [1.165, 1.54) is 0 Å². The highest BCUT2D eigenvalue weighted by Gasteiger charge is 2.19. The number of hydrogen-bond donors (Lipinski definition) is 0. The highest BCUT2D eigenvalue weighted by atomic mass is 35.5. The second kappa shape index (κ2) is 12.2.